The molecule has 0 unspecified atom stereocenters. The molecule has 0 radical (unpaired) electrons. The third-order valence-corrected chi connectivity index (χ3v) is 2.11. The predicted molar refractivity (Wildman–Crippen MR) is 34.2 cm³/mol. The fourth-order valence-corrected chi connectivity index (χ4v) is 1.15. The number of carbonyl (C=O) groups excluding carboxylic acids is 1. The maximum absolute atomic E-state index is 10.8. The number of hydrogen-bond acceptors (Lipinski definition) is 4. The Morgan fingerprint density at radius 2 is 2.00 bits per heavy atom. The Labute approximate surface area is 63.1 Å². The van der Waals surface area contributed by atoms with Crippen LogP contribution < -0.4 is 5.90 Å². The normalized spacial score (nSPS) is 20.1. The molecule has 5 heteroatoms. The van der Waals surface area contributed by atoms with Gasteiger partial charge in [0.2, 0.25) is 0 Å². The van der Waals surface area contributed by atoms with Crippen molar-refractivity contribution in [3.05, 3.63) is 0 Å². The van der Waals surface area contributed by atoms with Gasteiger partial charge < -0.3 is 9.94 Å². The van der Waals surface area contributed by atoms with Gasteiger partial charge in [-0.05, 0) is 19.3 Å². The van der Waals surface area contributed by atoms with E-state index in [0.29, 0.717) is 12.8 Å². The van der Waals surface area contributed by atoms with Crippen LogP contribution in [0.25, 0.3) is 0 Å². The van der Waals surface area contributed by atoms with Crippen LogP contribution in [0.5, 0.6) is 0 Å². The van der Waals surface area contributed by atoms with Gasteiger partial charge in [-0.2, -0.15) is 5.90 Å². The van der Waals surface area contributed by atoms with E-state index >= 15 is 0 Å². The van der Waals surface area contributed by atoms with Gasteiger partial charge in [0.1, 0.15) is 0 Å². The molecule has 0 aliphatic heterocycles. The molecule has 5 nitrogen and oxygen atoms in total. The van der Waals surface area contributed by atoms with Crippen LogP contribution >= 0.6 is 0 Å². The van der Waals surface area contributed by atoms with Crippen LogP contribution in [0.3, 0.4) is 0 Å². The largest absolute Gasteiger partial charge is 0.480 e. The highest BCUT2D eigenvalue weighted by atomic mass is 16.7. The van der Waals surface area contributed by atoms with Crippen molar-refractivity contribution in [2.75, 3.05) is 0 Å². The molecule has 0 aromatic heterocycles. The van der Waals surface area contributed by atoms with Gasteiger partial charge in [-0.25, -0.2) is 4.79 Å². The molecular weight excluding hydrogens is 150 g/mol. The lowest BCUT2D eigenvalue weighted by Crippen LogP contribution is -2.47. The van der Waals surface area contributed by atoms with Crippen molar-refractivity contribution in [2.24, 2.45) is 11.3 Å². The highest BCUT2D eigenvalue weighted by Crippen LogP contribution is 2.41. The number of carboxylic acids is 1. The highest BCUT2D eigenvalue weighted by molar-refractivity contribution is 5.99. The topological polar surface area (TPSA) is 89.6 Å². The molecule has 1 fully saturated rings. The molecule has 0 amide bonds. The minimum atomic E-state index is -1.34. The lowest BCUT2D eigenvalue weighted by atomic mass is 9.69. The van der Waals surface area contributed by atoms with Crippen LogP contribution in [0.4, 0.5) is 0 Å². The smallest absolute Gasteiger partial charge is 0.341 e. The molecule has 1 rings (SSSR count). The third kappa shape index (κ3) is 0.970. The van der Waals surface area contributed by atoms with E-state index in [9.17, 15) is 9.59 Å². The molecule has 62 valence electrons. The second-order valence-corrected chi connectivity index (χ2v) is 2.65. The van der Waals surface area contributed by atoms with Crippen molar-refractivity contribution in [3.63, 3.8) is 0 Å². The van der Waals surface area contributed by atoms with Gasteiger partial charge >= 0.3 is 11.9 Å². The lowest BCUT2D eigenvalue weighted by Gasteiger charge is -2.33. The number of nitrogens with two attached hydrogens (primary N) is 1. The Morgan fingerprint density at radius 3 is 2.09 bits per heavy atom. The molecule has 0 aromatic carbocycles. The van der Waals surface area contributed by atoms with E-state index in [2.05, 4.69) is 10.7 Å². The van der Waals surface area contributed by atoms with Crippen LogP contribution in [0.2, 0.25) is 0 Å². The number of aliphatic carboxylic acids is 1. The molecule has 11 heavy (non-hydrogen) atoms. The van der Waals surface area contributed by atoms with E-state index in [0.717, 1.165) is 6.42 Å². The number of carboxylic acid groups (broad SMARTS) is 1. The maximum Gasteiger partial charge on any atom is 0.341 e. The van der Waals surface area contributed by atoms with Crippen LogP contribution in [0.15, 0.2) is 0 Å². The average molecular weight is 159 g/mol. The third-order valence-electron chi connectivity index (χ3n) is 2.11. The predicted octanol–water partition coefficient (Wildman–Crippen LogP) is -0.342. The molecular formula is C6H9NO4. The summed E-state index contributed by atoms with van der Waals surface area (Å²) in [4.78, 5) is 25.3. The summed E-state index contributed by atoms with van der Waals surface area (Å²) in [5, 5.41) is 8.63. The Balaban J connectivity index is 2.75. The van der Waals surface area contributed by atoms with Crippen molar-refractivity contribution in [1.29, 1.82) is 0 Å². The molecule has 0 heterocycles. The Morgan fingerprint density at radius 1 is 1.45 bits per heavy atom. The maximum atomic E-state index is 10.8. The summed E-state index contributed by atoms with van der Waals surface area (Å²) in [6.07, 6.45) is 1.40. The molecule has 1 aliphatic rings. The van der Waals surface area contributed by atoms with Crippen molar-refractivity contribution in [3.8, 4) is 0 Å². The summed E-state index contributed by atoms with van der Waals surface area (Å²) in [6, 6.07) is 0. The van der Waals surface area contributed by atoms with E-state index in [1.54, 1.807) is 0 Å². The van der Waals surface area contributed by atoms with E-state index in [1.165, 1.54) is 0 Å². The summed E-state index contributed by atoms with van der Waals surface area (Å²) in [5.74, 6) is 2.62. The first-order valence-electron chi connectivity index (χ1n) is 3.28. The fourth-order valence-electron chi connectivity index (χ4n) is 1.15. The van der Waals surface area contributed by atoms with Crippen LogP contribution in [0, 0.1) is 5.41 Å². The van der Waals surface area contributed by atoms with Crippen molar-refractivity contribution < 1.29 is 19.5 Å². The second kappa shape index (κ2) is 2.50. The fraction of sp³-hybridized carbons (Fsp3) is 0.667. The summed E-state index contributed by atoms with van der Waals surface area (Å²) < 4.78 is 0. The lowest BCUT2D eigenvalue weighted by molar-refractivity contribution is -0.176. The summed E-state index contributed by atoms with van der Waals surface area (Å²) in [6.45, 7) is 0. The van der Waals surface area contributed by atoms with Gasteiger partial charge in [-0.1, -0.05) is 0 Å². The molecule has 0 atom stereocenters. The van der Waals surface area contributed by atoms with Crippen molar-refractivity contribution in [2.45, 2.75) is 19.3 Å². The van der Waals surface area contributed by atoms with Gasteiger partial charge in [-0.15, -0.1) is 0 Å². The quantitative estimate of drug-likeness (QED) is 0.425. The number of hydrogen-bond donors (Lipinski definition) is 2. The molecule has 1 saturated carbocycles. The Hall–Kier alpha value is -1.10. The zero-order valence-corrected chi connectivity index (χ0v) is 5.87. The molecule has 3 N–H and O–H groups in total. The van der Waals surface area contributed by atoms with Gasteiger partial charge in [0.25, 0.3) is 0 Å². The summed E-state index contributed by atoms with van der Waals surface area (Å²) in [5.41, 5.74) is -1.34. The second-order valence-electron chi connectivity index (χ2n) is 2.65. The van der Waals surface area contributed by atoms with E-state index < -0.39 is 17.4 Å². The molecule has 0 saturated heterocycles. The molecule has 0 aromatic rings. The Bertz CT molecular complexity index is 197. The van der Waals surface area contributed by atoms with Gasteiger partial charge in [-0.3, -0.25) is 4.79 Å². The van der Waals surface area contributed by atoms with E-state index in [4.69, 9.17) is 5.11 Å². The first-order valence-corrected chi connectivity index (χ1v) is 3.28. The van der Waals surface area contributed by atoms with E-state index in [1.807, 2.05) is 0 Å². The van der Waals surface area contributed by atoms with Crippen LogP contribution in [-0.4, -0.2) is 17.0 Å². The zero-order valence-electron chi connectivity index (χ0n) is 5.87. The molecule has 0 spiro atoms. The number of rotatable bonds is 2. The standard InChI is InChI=1S/C6H9NO4/c7-11-5(10)6(4(8)9)2-1-3-6/h1-3,7H2,(H,8,9). The SMILES string of the molecule is NOC(=O)C1(C(=O)O)CCC1. The first-order chi connectivity index (χ1) is 5.13. The van der Waals surface area contributed by atoms with Gasteiger partial charge in [0.15, 0.2) is 5.41 Å². The average Bonchev–Trinajstić information content (AvgIpc) is 1.84. The first kappa shape index (κ1) is 8.00. The Kier molecular flexibility index (Phi) is 1.82. The van der Waals surface area contributed by atoms with E-state index in [-0.39, 0.29) is 0 Å². The minimum absolute atomic E-state index is 0.332. The zero-order chi connectivity index (χ0) is 8.48. The van der Waals surface area contributed by atoms with Crippen molar-refractivity contribution >= 4 is 11.9 Å². The van der Waals surface area contributed by atoms with Crippen molar-refractivity contribution in [1.82, 2.24) is 0 Å². The molecule has 0 bridgehead atoms. The van der Waals surface area contributed by atoms with Crippen LogP contribution in [-0.2, 0) is 14.4 Å². The molecule has 1 aliphatic carbocycles. The minimum Gasteiger partial charge on any atom is -0.480 e. The highest BCUT2D eigenvalue weighted by Gasteiger charge is 2.52. The summed E-state index contributed by atoms with van der Waals surface area (Å²) in [7, 11) is 0. The van der Waals surface area contributed by atoms with Gasteiger partial charge in [0.05, 0.1) is 0 Å². The van der Waals surface area contributed by atoms with Crippen LogP contribution in [0.1, 0.15) is 19.3 Å². The van der Waals surface area contributed by atoms with Gasteiger partial charge in [0, 0.05) is 0 Å². The number of carbonyl (C=O) groups is 2. The summed E-state index contributed by atoms with van der Waals surface area (Å²) >= 11 is 0. The monoisotopic (exact) mass is 159 g/mol.